The number of esters is 1. The van der Waals surface area contributed by atoms with Gasteiger partial charge in [0, 0.05) is 5.56 Å². The third-order valence-electron chi connectivity index (χ3n) is 3.35. The summed E-state index contributed by atoms with van der Waals surface area (Å²) in [5.41, 5.74) is 0.783. The summed E-state index contributed by atoms with van der Waals surface area (Å²) < 4.78 is 4.78. The van der Waals surface area contributed by atoms with E-state index < -0.39 is 11.4 Å². The Morgan fingerprint density at radius 3 is 2.75 bits per heavy atom. The van der Waals surface area contributed by atoms with Crippen LogP contribution in [0.15, 0.2) is 24.3 Å². The van der Waals surface area contributed by atoms with Crippen molar-refractivity contribution in [3.05, 3.63) is 35.4 Å². The number of aliphatic carboxylic acids is 1. The molecular formula is C16H16O4. The summed E-state index contributed by atoms with van der Waals surface area (Å²) in [6.07, 6.45) is 1.38. The summed E-state index contributed by atoms with van der Waals surface area (Å²) in [6.45, 7) is 2.09. The molecule has 0 amide bonds. The molecule has 0 saturated heterocycles. The molecule has 1 fully saturated rings. The molecule has 4 heteroatoms. The van der Waals surface area contributed by atoms with Gasteiger partial charge in [0.15, 0.2) is 0 Å². The van der Waals surface area contributed by atoms with Crippen LogP contribution in [-0.4, -0.2) is 23.7 Å². The van der Waals surface area contributed by atoms with Crippen LogP contribution in [0.1, 0.15) is 37.3 Å². The van der Waals surface area contributed by atoms with Crippen LogP contribution in [0.5, 0.6) is 0 Å². The summed E-state index contributed by atoms with van der Waals surface area (Å²) in [7, 11) is 0. The SMILES string of the molecule is CCOC(=O)CC#Cc1cccc(C2(C(=O)O)CC2)c1. The minimum absolute atomic E-state index is 0.0438. The molecule has 1 aromatic carbocycles. The van der Waals surface area contributed by atoms with Gasteiger partial charge in [0.2, 0.25) is 0 Å². The standard InChI is InChI=1S/C16H16O4/c1-2-20-14(17)8-4-6-12-5-3-7-13(11-12)16(9-10-16)15(18)19/h3,5,7,11H,2,8-10H2,1H3,(H,18,19). The topological polar surface area (TPSA) is 63.6 Å². The Labute approximate surface area is 117 Å². The second kappa shape index (κ2) is 5.79. The van der Waals surface area contributed by atoms with E-state index in [0.29, 0.717) is 19.4 Å². The highest BCUT2D eigenvalue weighted by atomic mass is 16.5. The summed E-state index contributed by atoms with van der Waals surface area (Å²) in [6, 6.07) is 7.21. The summed E-state index contributed by atoms with van der Waals surface area (Å²) in [4.78, 5) is 22.4. The highest BCUT2D eigenvalue weighted by Crippen LogP contribution is 2.48. The van der Waals surface area contributed by atoms with E-state index in [-0.39, 0.29) is 12.4 Å². The molecule has 0 aliphatic heterocycles. The molecule has 1 N–H and O–H groups in total. The molecule has 0 atom stereocenters. The van der Waals surface area contributed by atoms with Gasteiger partial charge in [-0.3, -0.25) is 9.59 Å². The number of hydrogen-bond acceptors (Lipinski definition) is 3. The van der Waals surface area contributed by atoms with Crippen molar-refractivity contribution in [2.24, 2.45) is 0 Å². The van der Waals surface area contributed by atoms with E-state index >= 15 is 0 Å². The molecule has 1 saturated carbocycles. The Hall–Kier alpha value is -2.28. The van der Waals surface area contributed by atoms with Gasteiger partial charge in [-0.15, -0.1) is 0 Å². The molecular weight excluding hydrogens is 256 g/mol. The third-order valence-corrected chi connectivity index (χ3v) is 3.35. The quantitative estimate of drug-likeness (QED) is 0.673. The molecule has 20 heavy (non-hydrogen) atoms. The zero-order valence-electron chi connectivity index (χ0n) is 11.3. The lowest BCUT2D eigenvalue weighted by Crippen LogP contribution is -2.19. The van der Waals surface area contributed by atoms with Crippen LogP contribution in [0.2, 0.25) is 0 Å². The van der Waals surface area contributed by atoms with Crippen molar-refractivity contribution in [1.82, 2.24) is 0 Å². The van der Waals surface area contributed by atoms with Gasteiger partial charge in [-0.1, -0.05) is 24.0 Å². The van der Waals surface area contributed by atoms with Crippen LogP contribution >= 0.6 is 0 Å². The fourth-order valence-corrected chi connectivity index (χ4v) is 2.08. The van der Waals surface area contributed by atoms with Crippen LogP contribution in [0.4, 0.5) is 0 Å². The molecule has 1 aliphatic carbocycles. The monoisotopic (exact) mass is 272 g/mol. The Balaban J connectivity index is 2.10. The van der Waals surface area contributed by atoms with Gasteiger partial charge in [0.25, 0.3) is 0 Å². The summed E-state index contributed by atoms with van der Waals surface area (Å²) >= 11 is 0. The Morgan fingerprint density at radius 1 is 1.40 bits per heavy atom. The minimum Gasteiger partial charge on any atom is -0.481 e. The van der Waals surface area contributed by atoms with Crippen LogP contribution < -0.4 is 0 Å². The predicted molar refractivity (Wildman–Crippen MR) is 73.1 cm³/mol. The molecule has 4 nitrogen and oxygen atoms in total. The molecule has 0 aromatic heterocycles. The van der Waals surface area contributed by atoms with E-state index in [1.807, 2.05) is 6.07 Å². The zero-order valence-corrected chi connectivity index (χ0v) is 11.3. The molecule has 0 radical (unpaired) electrons. The normalized spacial score (nSPS) is 14.8. The van der Waals surface area contributed by atoms with Gasteiger partial charge in [0.1, 0.15) is 6.42 Å². The second-order valence-corrected chi connectivity index (χ2v) is 4.75. The van der Waals surface area contributed by atoms with E-state index in [4.69, 9.17) is 4.74 Å². The Morgan fingerprint density at radius 2 is 2.15 bits per heavy atom. The first kappa shape index (κ1) is 14.1. The highest BCUT2D eigenvalue weighted by Gasteiger charge is 2.51. The van der Waals surface area contributed by atoms with Crippen LogP contribution in [0, 0.1) is 11.8 Å². The average molecular weight is 272 g/mol. The molecule has 0 heterocycles. The van der Waals surface area contributed by atoms with Crippen molar-refractivity contribution >= 4 is 11.9 Å². The summed E-state index contributed by atoms with van der Waals surface area (Å²) in [5.74, 6) is 4.48. The number of carboxylic acid groups (broad SMARTS) is 1. The van der Waals surface area contributed by atoms with Gasteiger partial charge >= 0.3 is 11.9 Å². The second-order valence-electron chi connectivity index (χ2n) is 4.75. The number of benzene rings is 1. The average Bonchev–Trinajstić information content (AvgIpc) is 3.21. The van der Waals surface area contributed by atoms with Crippen LogP contribution in [-0.2, 0) is 19.7 Å². The molecule has 0 unspecified atom stereocenters. The van der Waals surface area contributed by atoms with E-state index in [9.17, 15) is 14.7 Å². The molecule has 1 aromatic rings. The lowest BCUT2D eigenvalue weighted by Gasteiger charge is -2.09. The number of ether oxygens (including phenoxy) is 1. The van der Waals surface area contributed by atoms with Crippen molar-refractivity contribution in [3.63, 3.8) is 0 Å². The minimum atomic E-state index is -0.783. The number of carbonyl (C=O) groups is 2. The van der Waals surface area contributed by atoms with Gasteiger partial charge in [0.05, 0.1) is 12.0 Å². The Kier molecular flexibility index (Phi) is 4.09. The smallest absolute Gasteiger partial charge is 0.317 e. The summed E-state index contributed by atoms with van der Waals surface area (Å²) in [5, 5.41) is 9.26. The third kappa shape index (κ3) is 3.00. The maximum atomic E-state index is 11.3. The van der Waals surface area contributed by atoms with Crippen molar-refractivity contribution in [1.29, 1.82) is 0 Å². The lowest BCUT2D eigenvalue weighted by atomic mass is 9.94. The molecule has 0 bridgehead atoms. The molecule has 104 valence electrons. The largest absolute Gasteiger partial charge is 0.481 e. The van der Waals surface area contributed by atoms with E-state index in [2.05, 4.69) is 11.8 Å². The highest BCUT2D eigenvalue weighted by molar-refractivity contribution is 5.85. The maximum absolute atomic E-state index is 11.3. The predicted octanol–water partition coefficient (Wildman–Crippen LogP) is 2.11. The van der Waals surface area contributed by atoms with Gasteiger partial charge < -0.3 is 9.84 Å². The Bertz CT molecular complexity index is 588. The number of carboxylic acids is 1. The first-order valence-electron chi connectivity index (χ1n) is 6.57. The molecule has 0 spiro atoms. The number of rotatable bonds is 4. The molecule has 1 aliphatic rings. The first-order chi connectivity index (χ1) is 9.58. The van der Waals surface area contributed by atoms with Gasteiger partial charge in [-0.2, -0.15) is 0 Å². The van der Waals surface area contributed by atoms with Crippen molar-refractivity contribution < 1.29 is 19.4 Å². The fourth-order valence-electron chi connectivity index (χ4n) is 2.08. The van der Waals surface area contributed by atoms with Crippen LogP contribution in [0.25, 0.3) is 0 Å². The molecule has 2 rings (SSSR count). The van der Waals surface area contributed by atoms with Crippen molar-refractivity contribution in [2.75, 3.05) is 6.61 Å². The van der Waals surface area contributed by atoms with E-state index in [1.54, 1.807) is 25.1 Å². The van der Waals surface area contributed by atoms with Crippen molar-refractivity contribution in [3.8, 4) is 11.8 Å². The van der Waals surface area contributed by atoms with Crippen molar-refractivity contribution in [2.45, 2.75) is 31.6 Å². The van der Waals surface area contributed by atoms with Gasteiger partial charge in [-0.05, 0) is 37.5 Å². The maximum Gasteiger partial charge on any atom is 0.317 e. The zero-order chi connectivity index (χ0) is 14.6. The van der Waals surface area contributed by atoms with Crippen LogP contribution in [0.3, 0.4) is 0 Å². The number of hydrogen-bond donors (Lipinski definition) is 1. The fraction of sp³-hybridized carbons (Fsp3) is 0.375. The lowest BCUT2D eigenvalue weighted by molar-refractivity contribution is -0.142. The van der Waals surface area contributed by atoms with Gasteiger partial charge in [-0.25, -0.2) is 0 Å². The number of carbonyl (C=O) groups excluding carboxylic acids is 1. The van der Waals surface area contributed by atoms with E-state index in [1.165, 1.54) is 0 Å². The first-order valence-corrected chi connectivity index (χ1v) is 6.57. The van der Waals surface area contributed by atoms with E-state index in [0.717, 1.165) is 11.1 Å².